The monoisotopic (exact) mass is 265 g/mol. The Kier molecular flexibility index (Phi) is 9.48. The maximum absolute atomic E-state index is 2.33. The number of aryl methyl sites for hydroxylation is 2. The molecule has 1 aromatic heterocycles. The number of imidazole rings is 1. The molecule has 0 amide bonds. The van der Waals surface area contributed by atoms with Gasteiger partial charge >= 0.3 is 0 Å². The van der Waals surface area contributed by atoms with Crippen molar-refractivity contribution in [3.63, 3.8) is 0 Å². The molecule has 0 atom stereocenters. The van der Waals surface area contributed by atoms with Crippen molar-refractivity contribution in [1.29, 1.82) is 0 Å². The Morgan fingerprint density at radius 1 is 0.789 bits per heavy atom. The van der Waals surface area contributed by atoms with Crippen LogP contribution in [0.25, 0.3) is 0 Å². The second kappa shape index (κ2) is 11.1. The van der Waals surface area contributed by atoms with Gasteiger partial charge in [0.1, 0.15) is 12.4 Å². The second-order valence-corrected chi connectivity index (χ2v) is 5.72. The fourth-order valence-corrected chi connectivity index (χ4v) is 2.57. The summed E-state index contributed by atoms with van der Waals surface area (Å²) < 4.78 is 4.62. The molecular formula is C17H33N2+. The van der Waals surface area contributed by atoms with E-state index in [1.54, 1.807) is 0 Å². The van der Waals surface area contributed by atoms with Crippen LogP contribution in [0, 0.1) is 0 Å². The van der Waals surface area contributed by atoms with E-state index < -0.39 is 0 Å². The SMILES string of the molecule is CCCCCCCCCCCn1cc[n+](CCC)c1. The van der Waals surface area contributed by atoms with E-state index in [1.165, 1.54) is 70.8 Å². The predicted molar refractivity (Wildman–Crippen MR) is 82.1 cm³/mol. The van der Waals surface area contributed by atoms with Gasteiger partial charge in [0.2, 0.25) is 6.33 Å². The third kappa shape index (κ3) is 8.07. The minimum atomic E-state index is 1.14. The highest BCUT2D eigenvalue weighted by Crippen LogP contribution is 2.09. The Morgan fingerprint density at radius 3 is 2.05 bits per heavy atom. The lowest BCUT2D eigenvalue weighted by Crippen LogP contribution is -2.30. The third-order valence-electron chi connectivity index (χ3n) is 3.75. The fourth-order valence-electron chi connectivity index (χ4n) is 2.57. The molecule has 0 aliphatic carbocycles. The second-order valence-electron chi connectivity index (χ2n) is 5.72. The number of aromatic nitrogens is 2. The number of hydrogen-bond acceptors (Lipinski definition) is 0. The van der Waals surface area contributed by atoms with E-state index in [0.29, 0.717) is 0 Å². The molecule has 0 saturated carbocycles. The van der Waals surface area contributed by atoms with Crippen LogP contribution in [0.1, 0.15) is 78.1 Å². The Bertz CT molecular complexity index is 304. The number of nitrogens with zero attached hydrogens (tertiary/aromatic N) is 2. The van der Waals surface area contributed by atoms with Crippen LogP contribution in [-0.4, -0.2) is 4.57 Å². The lowest BCUT2D eigenvalue weighted by molar-refractivity contribution is -0.696. The van der Waals surface area contributed by atoms with Gasteiger partial charge in [-0.15, -0.1) is 0 Å². The topological polar surface area (TPSA) is 8.81 Å². The van der Waals surface area contributed by atoms with Gasteiger partial charge in [0, 0.05) is 0 Å². The van der Waals surface area contributed by atoms with Gasteiger partial charge < -0.3 is 0 Å². The van der Waals surface area contributed by atoms with Crippen LogP contribution in [0.5, 0.6) is 0 Å². The maximum atomic E-state index is 2.33. The highest BCUT2D eigenvalue weighted by molar-refractivity contribution is 4.66. The van der Waals surface area contributed by atoms with E-state index in [-0.39, 0.29) is 0 Å². The molecule has 0 aromatic carbocycles. The number of hydrogen-bond donors (Lipinski definition) is 0. The largest absolute Gasteiger partial charge is 0.243 e. The lowest BCUT2D eigenvalue weighted by atomic mass is 10.1. The normalized spacial score (nSPS) is 11.1. The summed E-state index contributed by atoms with van der Waals surface area (Å²) in [5.41, 5.74) is 0. The molecule has 2 nitrogen and oxygen atoms in total. The van der Waals surface area contributed by atoms with Crippen molar-refractivity contribution in [3.05, 3.63) is 18.7 Å². The zero-order chi connectivity index (χ0) is 13.8. The summed E-state index contributed by atoms with van der Waals surface area (Å²) in [6.45, 7) is 6.84. The van der Waals surface area contributed by atoms with Crippen LogP contribution >= 0.6 is 0 Å². The number of unbranched alkanes of at least 4 members (excludes halogenated alkanes) is 8. The molecule has 19 heavy (non-hydrogen) atoms. The van der Waals surface area contributed by atoms with Gasteiger partial charge in [-0.25, -0.2) is 9.13 Å². The van der Waals surface area contributed by atoms with Crippen molar-refractivity contribution in [2.75, 3.05) is 0 Å². The highest BCUT2D eigenvalue weighted by Gasteiger charge is 2.01. The van der Waals surface area contributed by atoms with Crippen LogP contribution in [0.2, 0.25) is 0 Å². The van der Waals surface area contributed by atoms with E-state index in [4.69, 9.17) is 0 Å². The van der Waals surface area contributed by atoms with Gasteiger partial charge in [0.05, 0.1) is 13.1 Å². The molecule has 0 aliphatic heterocycles. The first kappa shape index (κ1) is 16.3. The molecule has 110 valence electrons. The average molecular weight is 265 g/mol. The first-order valence-electron chi connectivity index (χ1n) is 8.41. The van der Waals surface area contributed by atoms with Gasteiger partial charge in [-0.05, 0) is 19.3 Å². The van der Waals surface area contributed by atoms with E-state index in [9.17, 15) is 0 Å². The lowest BCUT2D eigenvalue weighted by Gasteiger charge is -2.01. The molecule has 0 radical (unpaired) electrons. The van der Waals surface area contributed by atoms with E-state index >= 15 is 0 Å². The van der Waals surface area contributed by atoms with E-state index in [0.717, 1.165) is 6.54 Å². The summed E-state index contributed by atoms with van der Waals surface area (Å²) in [7, 11) is 0. The van der Waals surface area contributed by atoms with Crippen LogP contribution in [0.15, 0.2) is 18.7 Å². The van der Waals surface area contributed by atoms with Crippen LogP contribution < -0.4 is 4.57 Å². The molecule has 0 fully saturated rings. The van der Waals surface area contributed by atoms with Crippen molar-refractivity contribution in [2.45, 2.75) is 91.1 Å². The molecule has 1 aromatic rings. The Hall–Kier alpha value is -0.790. The quantitative estimate of drug-likeness (QED) is 0.382. The van der Waals surface area contributed by atoms with Gasteiger partial charge in [-0.3, -0.25) is 0 Å². The van der Waals surface area contributed by atoms with Gasteiger partial charge in [-0.1, -0.05) is 58.8 Å². The van der Waals surface area contributed by atoms with Gasteiger partial charge in [-0.2, -0.15) is 0 Å². The van der Waals surface area contributed by atoms with Crippen molar-refractivity contribution >= 4 is 0 Å². The van der Waals surface area contributed by atoms with E-state index in [1.807, 2.05) is 0 Å². The molecule has 0 bridgehead atoms. The Morgan fingerprint density at radius 2 is 1.42 bits per heavy atom. The van der Waals surface area contributed by atoms with Crippen molar-refractivity contribution in [3.8, 4) is 0 Å². The summed E-state index contributed by atoms with van der Waals surface area (Å²) >= 11 is 0. The molecule has 0 saturated heterocycles. The molecule has 0 N–H and O–H groups in total. The summed E-state index contributed by atoms with van der Waals surface area (Å²) in [4.78, 5) is 0. The first-order valence-corrected chi connectivity index (χ1v) is 8.41. The summed E-state index contributed by atoms with van der Waals surface area (Å²) in [6, 6.07) is 0. The zero-order valence-corrected chi connectivity index (χ0v) is 13.1. The van der Waals surface area contributed by atoms with Crippen molar-refractivity contribution in [1.82, 2.24) is 4.57 Å². The Labute approximate surface area is 119 Å². The van der Waals surface area contributed by atoms with Gasteiger partial charge in [0.25, 0.3) is 0 Å². The molecule has 0 aliphatic rings. The molecule has 2 heteroatoms. The maximum Gasteiger partial charge on any atom is 0.243 e. The minimum Gasteiger partial charge on any atom is -0.237 e. The average Bonchev–Trinajstić information content (AvgIpc) is 2.85. The van der Waals surface area contributed by atoms with E-state index in [2.05, 4.69) is 41.7 Å². The molecular weight excluding hydrogens is 232 g/mol. The minimum absolute atomic E-state index is 1.14. The van der Waals surface area contributed by atoms with Crippen LogP contribution in [0.3, 0.4) is 0 Å². The predicted octanol–water partition coefficient (Wildman–Crippen LogP) is 4.72. The first-order chi connectivity index (χ1) is 9.36. The van der Waals surface area contributed by atoms with Crippen molar-refractivity contribution < 1.29 is 4.57 Å². The number of rotatable bonds is 12. The van der Waals surface area contributed by atoms with Gasteiger partial charge in [0.15, 0.2) is 0 Å². The van der Waals surface area contributed by atoms with Crippen LogP contribution in [0.4, 0.5) is 0 Å². The molecule has 1 rings (SSSR count). The van der Waals surface area contributed by atoms with Crippen molar-refractivity contribution in [2.24, 2.45) is 0 Å². The molecule has 0 unspecified atom stereocenters. The smallest absolute Gasteiger partial charge is 0.237 e. The van der Waals surface area contributed by atoms with Crippen LogP contribution in [-0.2, 0) is 13.1 Å². The third-order valence-corrected chi connectivity index (χ3v) is 3.75. The summed E-state index contributed by atoms with van der Waals surface area (Å²) in [5, 5.41) is 0. The molecule has 1 heterocycles. The summed E-state index contributed by atoms with van der Waals surface area (Å²) in [5.74, 6) is 0. The zero-order valence-electron chi connectivity index (χ0n) is 13.1. The molecule has 0 spiro atoms. The fraction of sp³-hybridized carbons (Fsp3) is 0.824. The standard InChI is InChI=1S/C17H33N2/c1-3-5-6-7-8-9-10-11-12-14-19-16-15-18(17-19)13-4-2/h15-17H,3-14H2,1-2H3/q+1. The highest BCUT2D eigenvalue weighted by atomic mass is 15.1. The Balaban J connectivity index is 1.92. The summed E-state index contributed by atoms with van der Waals surface area (Å²) in [6.07, 6.45) is 20.5.